The first kappa shape index (κ1) is 29.3. The topological polar surface area (TPSA) is 97.8 Å². The van der Waals surface area contributed by atoms with Gasteiger partial charge in [-0.3, -0.25) is 4.79 Å². The molecule has 1 amide bonds. The number of ether oxygens (including phenoxy) is 2. The lowest BCUT2D eigenvalue weighted by molar-refractivity contribution is -0.153. The molecule has 1 unspecified atom stereocenters. The van der Waals surface area contributed by atoms with Crippen molar-refractivity contribution in [3.05, 3.63) is 68.1 Å². The molecular weight excluding hydrogens is 559 g/mol. The summed E-state index contributed by atoms with van der Waals surface area (Å²) in [5.74, 6) is -0.579. The highest BCUT2D eigenvalue weighted by atomic mass is 35.5. The maximum atomic E-state index is 13.2. The molecule has 0 spiro atoms. The predicted molar refractivity (Wildman–Crippen MR) is 154 cm³/mol. The molecule has 0 bridgehead atoms. The van der Waals surface area contributed by atoms with Gasteiger partial charge in [-0.25, -0.2) is 9.78 Å². The lowest BCUT2D eigenvalue weighted by Gasteiger charge is -2.20. The van der Waals surface area contributed by atoms with Gasteiger partial charge in [-0.15, -0.1) is 11.3 Å². The standard InChI is InChI=1S/C29H32Cl2N2O5S/c1-16(2)37-25(29(35)36)13-18-8-11-24(38-21-6-4-5-7-21)19(12-18)15-32-27(34)26-17(3)33-28(39-26)22-10-9-20(30)14-23(22)31/h8-12,14,16,21,25H,4-7,13,15H2,1-3H3,(H,32,34)(H,35,36). The summed E-state index contributed by atoms with van der Waals surface area (Å²) in [5, 5.41) is 14.2. The molecular formula is C29H32Cl2N2O5S. The van der Waals surface area contributed by atoms with E-state index in [-0.39, 0.29) is 31.1 Å². The first-order valence-electron chi connectivity index (χ1n) is 13.0. The van der Waals surface area contributed by atoms with E-state index < -0.39 is 12.1 Å². The molecule has 3 aromatic rings. The highest BCUT2D eigenvalue weighted by molar-refractivity contribution is 7.17. The van der Waals surface area contributed by atoms with Crippen molar-refractivity contribution >= 4 is 46.4 Å². The molecule has 2 aromatic carbocycles. The van der Waals surface area contributed by atoms with Gasteiger partial charge < -0.3 is 19.9 Å². The first-order chi connectivity index (χ1) is 18.6. The van der Waals surface area contributed by atoms with Crippen LogP contribution in [-0.4, -0.2) is 40.3 Å². The zero-order chi connectivity index (χ0) is 28.1. The minimum atomic E-state index is -1.01. The highest BCUT2D eigenvalue weighted by Crippen LogP contribution is 2.35. The number of nitrogens with one attached hydrogen (secondary N) is 1. The van der Waals surface area contributed by atoms with Crippen molar-refractivity contribution in [2.45, 2.75) is 77.7 Å². The summed E-state index contributed by atoms with van der Waals surface area (Å²) in [6, 6.07) is 10.8. The molecule has 0 aliphatic heterocycles. The SMILES string of the molecule is Cc1nc(-c2ccc(Cl)cc2Cl)sc1C(=O)NCc1cc(CC(OC(C)C)C(=O)O)ccc1OC1CCCC1. The molecule has 7 nitrogen and oxygen atoms in total. The van der Waals surface area contributed by atoms with Gasteiger partial charge >= 0.3 is 5.97 Å². The number of carboxylic acids is 1. The van der Waals surface area contributed by atoms with Gasteiger partial charge in [0, 0.05) is 29.1 Å². The van der Waals surface area contributed by atoms with E-state index in [1.165, 1.54) is 11.3 Å². The van der Waals surface area contributed by atoms with E-state index in [1.807, 2.05) is 32.0 Å². The van der Waals surface area contributed by atoms with Crippen LogP contribution in [0.25, 0.3) is 10.6 Å². The normalized spacial score (nSPS) is 14.5. The molecule has 4 rings (SSSR count). The summed E-state index contributed by atoms with van der Waals surface area (Å²) < 4.78 is 11.9. The number of thiazole rings is 1. The van der Waals surface area contributed by atoms with Crippen molar-refractivity contribution in [2.24, 2.45) is 0 Å². The van der Waals surface area contributed by atoms with Crippen LogP contribution in [-0.2, 0) is 22.5 Å². The Morgan fingerprint density at radius 3 is 2.56 bits per heavy atom. The molecule has 1 saturated carbocycles. The second-order valence-electron chi connectivity index (χ2n) is 9.92. The molecule has 1 aliphatic rings. The predicted octanol–water partition coefficient (Wildman–Crippen LogP) is 7.10. The Hall–Kier alpha value is -2.65. The monoisotopic (exact) mass is 590 g/mol. The number of aliphatic carboxylic acids is 1. The Morgan fingerprint density at radius 2 is 1.90 bits per heavy atom. The zero-order valence-electron chi connectivity index (χ0n) is 22.1. The number of hydrogen-bond acceptors (Lipinski definition) is 6. The molecule has 1 heterocycles. The molecule has 39 heavy (non-hydrogen) atoms. The van der Waals surface area contributed by atoms with Crippen LogP contribution in [0.3, 0.4) is 0 Å². The lowest BCUT2D eigenvalue weighted by atomic mass is 10.0. The smallest absolute Gasteiger partial charge is 0.333 e. The summed E-state index contributed by atoms with van der Waals surface area (Å²) in [5.41, 5.74) is 2.89. The molecule has 208 valence electrons. The maximum absolute atomic E-state index is 13.2. The molecule has 0 radical (unpaired) electrons. The fourth-order valence-electron chi connectivity index (χ4n) is 4.58. The number of halogens is 2. The average Bonchev–Trinajstić information content (AvgIpc) is 3.52. The third kappa shape index (κ3) is 7.72. The number of benzene rings is 2. The van der Waals surface area contributed by atoms with E-state index in [1.54, 1.807) is 25.1 Å². The number of amides is 1. The number of carbonyl (C=O) groups excluding carboxylic acids is 1. The minimum Gasteiger partial charge on any atom is -0.490 e. The van der Waals surface area contributed by atoms with Gasteiger partial charge in [0.25, 0.3) is 5.91 Å². The summed E-state index contributed by atoms with van der Waals surface area (Å²) in [6.45, 7) is 5.62. The number of hydrogen-bond donors (Lipinski definition) is 2. The van der Waals surface area contributed by atoms with Crippen LogP contribution in [0.4, 0.5) is 0 Å². The van der Waals surface area contributed by atoms with Gasteiger partial charge in [-0.2, -0.15) is 0 Å². The van der Waals surface area contributed by atoms with Gasteiger partial charge in [0.05, 0.1) is 22.9 Å². The summed E-state index contributed by atoms with van der Waals surface area (Å²) in [6.07, 6.45) is 3.41. The van der Waals surface area contributed by atoms with Crippen LogP contribution in [0.5, 0.6) is 5.75 Å². The van der Waals surface area contributed by atoms with Crippen LogP contribution in [0.1, 0.15) is 66.0 Å². The second-order valence-corrected chi connectivity index (χ2v) is 11.8. The molecule has 0 saturated heterocycles. The third-order valence-electron chi connectivity index (χ3n) is 6.46. The zero-order valence-corrected chi connectivity index (χ0v) is 24.5. The minimum absolute atomic E-state index is 0.136. The summed E-state index contributed by atoms with van der Waals surface area (Å²) >= 11 is 13.6. The fourth-order valence-corrected chi connectivity index (χ4v) is 6.15. The van der Waals surface area contributed by atoms with E-state index in [4.69, 9.17) is 32.7 Å². The summed E-state index contributed by atoms with van der Waals surface area (Å²) in [4.78, 5) is 30.0. The van der Waals surface area contributed by atoms with Crippen molar-refractivity contribution in [1.29, 1.82) is 0 Å². The summed E-state index contributed by atoms with van der Waals surface area (Å²) in [7, 11) is 0. The maximum Gasteiger partial charge on any atom is 0.333 e. The van der Waals surface area contributed by atoms with Crippen molar-refractivity contribution < 1.29 is 24.2 Å². The van der Waals surface area contributed by atoms with Crippen molar-refractivity contribution in [1.82, 2.24) is 10.3 Å². The lowest BCUT2D eigenvalue weighted by Crippen LogP contribution is -2.29. The number of nitrogens with zero attached hydrogens (tertiary/aromatic N) is 1. The van der Waals surface area contributed by atoms with Crippen LogP contribution in [0.2, 0.25) is 10.0 Å². The molecule has 1 aromatic heterocycles. The van der Waals surface area contributed by atoms with E-state index in [0.29, 0.717) is 36.9 Å². The van der Waals surface area contributed by atoms with Crippen LogP contribution >= 0.6 is 34.5 Å². The van der Waals surface area contributed by atoms with E-state index in [9.17, 15) is 14.7 Å². The Bertz CT molecular complexity index is 1340. The van der Waals surface area contributed by atoms with Crippen molar-refractivity contribution in [2.75, 3.05) is 0 Å². The average molecular weight is 592 g/mol. The number of rotatable bonds is 11. The first-order valence-corrected chi connectivity index (χ1v) is 14.6. The van der Waals surface area contributed by atoms with Gasteiger partial charge in [0.2, 0.25) is 0 Å². The molecule has 1 aliphatic carbocycles. The molecule has 1 fully saturated rings. The van der Waals surface area contributed by atoms with Crippen LogP contribution < -0.4 is 10.1 Å². The molecule has 1 atom stereocenters. The largest absolute Gasteiger partial charge is 0.490 e. The van der Waals surface area contributed by atoms with Gasteiger partial charge in [0.15, 0.2) is 6.10 Å². The highest BCUT2D eigenvalue weighted by Gasteiger charge is 2.23. The second kappa shape index (κ2) is 13.1. The fraction of sp³-hybridized carbons (Fsp3) is 0.414. The number of aromatic nitrogens is 1. The third-order valence-corrected chi connectivity index (χ3v) is 8.19. The molecule has 10 heteroatoms. The number of carbonyl (C=O) groups is 2. The van der Waals surface area contributed by atoms with Crippen LogP contribution in [0.15, 0.2) is 36.4 Å². The van der Waals surface area contributed by atoms with E-state index in [2.05, 4.69) is 10.3 Å². The van der Waals surface area contributed by atoms with Crippen LogP contribution in [0, 0.1) is 6.92 Å². The van der Waals surface area contributed by atoms with Gasteiger partial charge in [-0.05, 0) is 76.3 Å². The van der Waals surface area contributed by atoms with Crippen molar-refractivity contribution in [3.8, 4) is 16.3 Å². The van der Waals surface area contributed by atoms with E-state index in [0.717, 1.165) is 36.8 Å². The van der Waals surface area contributed by atoms with Gasteiger partial charge in [-0.1, -0.05) is 35.3 Å². The Balaban J connectivity index is 1.53. The Kier molecular flexibility index (Phi) is 9.88. The number of aryl methyl sites for hydroxylation is 1. The quantitative estimate of drug-likeness (QED) is 0.247. The van der Waals surface area contributed by atoms with Crippen molar-refractivity contribution in [3.63, 3.8) is 0 Å². The van der Waals surface area contributed by atoms with E-state index >= 15 is 0 Å². The Morgan fingerprint density at radius 1 is 1.15 bits per heavy atom. The molecule has 2 N–H and O–H groups in total. The Labute approximate surface area is 242 Å². The number of carboxylic acid groups (broad SMARTS) is 1. The van der Waals surface area contributed by atoms with Gasteiger partial charge in [0.1, 0.15) is 15.6 Å².